The summed E-state index contributed by atoms with van der Waals surface area (Å²) >= 11 is 0. The topological polar surface area (TPSA) is 29.5 Å². The Hall–Kier alpha value is -1.06. The number of likely N-dealkylation sites (tertiary alicyclic amines) is 1. The molecule has 5 rings (SSSR count). The van der Waals surface area contributed by atoms with Gasteiger partial charge in [0.15, 0.2) is 0 Å². The standard InChI is InChI=1S/C22H29NO2.ClH/c1-14-9-19-20-10-16-5-6-17(25-2)11-18(16)22(19,12-21(14)24)7-8-23(20)13-15-3-4-15;/h5-6,11,14-15,19-20H,3-4,7-10,12-13H2,1-2H3;1H/t14-,19-,20+,22+;/m0./s1. The zero-order valence-electron chi connectivity index (χ0n) is 15.9. The number of nitrogens with zero attached hydrogens (tertiary/aromatic N) is 1. The van der Waals surface area contributed by atoms with Crippen LogP contribution in [0.1, 0.15) is 50.2 Å². The van der Waals surface area contributed by atoms with E-state index in [9.17, 15) is 4.79 Å². The predicted molar refractivity (Wildman–Crippen MR) is 105 cm³/mol. The van der Waals surface area contributed by atoms with E-state index < -0.39 is 0 Å². The van der Waals surface area contributed by atoms with Gasteiger partial charge >= 0.3 is 0 Å². The number of rotatable bonds is 3. The Morgan fingerprint density at radius 1 is 1.31 bits per heavy atom. The molecule has 1 aliphatic heterocycles. The van der Waals surface area contributed by atoms with Crippen LogP contribution in [0.5, 0.6) is 5.75 Å². The SMILES string of the molecule is COc1ccc2c(c1)[C@]13CCN(CC4CC4)[C@H](C2)[C@@H]1C[C@H](C)C(=O)C3.Cl. The Balaban J connectivity index is 0.00000168. The van der Waals surface area contributed by atoms with E-state index in [-0.39, 0.29) is 23.7 Å². The van der Waals surface area contributed by atoms with Crippen molar-refractivity contribution in [2.45, 2.75) is 56.9 Å². The van der Waals surface area contributed by atoms with E-state index in [1.807, 2.05) is 0 Å². The Kier molecular flexibility index (Phi) is 4.60. The summed E-state index contributed by atoms with van der Waals surface area (Å²) in [6.07, 6.45) is 6.94. The van der Waals surface area contributed by atoms with Crippen LogP contribution in [0.2, 0.25) is 0 Å². The highest BCUT2D eigenvalue weighted by molar-refractivity contribution is 5.85. The van der Waals surface area contributed by atoms with Crippen molar-refractivity contribution in [2.75, 3.05) is 20.2 Å². The highest BCUT2D eigenvalue weighted by Crippen LogP contribution is 2.56. The van der Waals surface area contributed by atoms with E-state index in [4.69, 9.17) is 4.74 Å². The molecule has 142 valence electrons. The number of methoxy groups -OCH3 is 1. The van der Waals surface area contributed by atoms with E-state index in [2.05, 4.69) is 30.0 Å². The first-order valence-electron chi connectivity index (χ1n) is 10.0. The summed E-state index contributed by atoms with van der Waals surface area (Å²) in [5.41, 5.74) is 2.96. The largest absolute Gasteiger partial charge is 0.497 e. The quantitative estimate of drug-likeness (QED) is 0.799. The second kappa shape index (κ2) is 6.53. The van der Waals surface area contributed by atoms with E-state index in [1.165, 1.54) is 30.5 Å². The molecule has 4 atom stereocenters. The fourth-order valence-corrected chi connectivity index (χ4v) is 6.03. The van der Waals surface area contributed by atoms with Crippen molar-refractivity contribution in [1.82, 2.24) is 4.90 Å². The van der Waals surface area contributed by atoms with Gasteiger partial charge in [-0.15, -0.1) is 12.4 Å². The average molecular weight is 376 g/mol. The molecule has 26 heavy (non-hydrogen) atoms. The van der Waals surface area contributed by atoms with Gasteiger partial charge in [-0.2, -0.15) is 0 Å². The maximum atomic E-state index is 12.7. The zero-order chi connectivity index (χ0) is 17.2. The van der Waals surface area contributed by atoms with Crippen molar-refractivity contribution < 1.29 is 9.53 Å². The molecule has 0 N–H and O–H groups in total. The number of carbonyl (C=O) groups excluding carboxylic acids is 1. The van der Waals surface area contributed by atoms with Crippen LogP contribution in [-0.4, -0.2) is 36.9 Å². The minimum Gasteiger partial charge on any atom is -0.497 e. The minimum atomic E-state index is 0. The van der Waals surface area contributed by atoms with Gasteiger partial charge in [-0.25, -0.2) is 0 Å². The Labute approximate surface area is 162 Å². The van der Waals surface area contributed by atoms with Crippen molar-refractivity contribution in [2.24, 2.45) is 17.8 Å². The number of carbonyl (C=O) groups is 1. The summed E-state index contributed by atoms with van der Waals surface area (Å²) in [6.45, 7) is 4.60. The van der Waals surface area contributed by atoms with Gasteiger partial charge in [0.25, 0.3) is 0 Å². The Bertz CT molecular complexity index is 716. The van der Waals surface area contributed by atoms with Gasteiger partial charge in [-0.05, 0) is 73.7 Å². The molecule has 1 saturated heterocycles. The molecular formula is C22H30ClNO2. The minimum absolute atomic E-state index is 0. The van der Waals surface area contributed by atoms with Crippen molar-refractivity contribution in [3.05, 3.63) is 29.3 Å². The Morgan fingerprint density at radius 2 is 2.12 bits per heavy atom. The molecule has 0 amide bonds. The van der Waals surface area contributed by atoms with Gasteiger partial charge < -0.3 is 4.74 Å². The summed E-state index contributed by atoms with van der Waals surface area (Å²) in [5.74, 6) is 3.21. The van der Waals surface area contributed by atoms with Crippen LogP contribution in [0.15, 0.2) is 18.2 Å². The first-order valence-corrected chi connectivity index (χ1v) is 10.0. The van der Waals surface area contributed by atoms with Crippen molar-refractivity contribution in [3.63, 3.8) is 0 Å². The summed E-state index contributed by atoms with van der Waals surface area (Å²) in [7, 11) is 1.74. The second-order valence-corrected chi connectivity index (χ2v) is 9.03. The molecule has 2 saturated carbocycles. The van der Waals surface area contributed by atoms with Gasteiger partial charge in [0, 0.05) is 30.3 Å². The van der Waals surface area contributed by atoms with Gasteiger partial charge in [0.2, 0.25) is 0 Å². The average Bonchev–Trinajstić information content (AvgIpc) is 3.42. The molecule has 0 unspecified atom stereocenters. The lowest BCUT2D eigenvalue weighted by molar-refractivity contribution is -0.132. The van der Waals surface area contributed by atoms with Gasteiger partial charge in [0.05, 0.1) is 7.11 Å². The van der Waals surface area contributed by atoms with Gasteiger partial charge in [-0.1, -0.05) is 13.0 Å². The smallest absolute Gasteiger partial charge is 0.136 e. The fraction of sp³-hybridized carbons (Fsp3) is 0.682. The predicted octanol–water partition coefficient (Wildman–Crippen LogP) is 4.01. The number of hydrogen-bond donors (Lipinski definition) is 0. The molecule has 2 bridgehead atoms. The molecule has 0 spiro atoms. The third kappa shape index (κ3) is 2.70. The number of Topliss-reactive ketones (excluding diaryl/α,β-unsaturated/α-hetero) is 1. The number of piperidine rings is 1. The van der Waals surface area contributed by atoms with Gasteiger partial charge in [-0.3, -0.25) is 9.69 Å². The van der Waals surface area contributed by atoms with Crippen LogP contribution >= 0.6 is 12.4 Å². The molecular weight excluding hydrogens is 346 g/mol. The lowest BCUT2D eigenvalue weighted by Gasteiger charge is -2.59. The highest BCUT2D eigenvalue weighted by Gasteiger charge is 2.57. The van der Waals surface area contributed by atoms with Crippen LogP contribution in [-0.2, 0) is 16.6 Å². The number of halogens is 1. The maximum Gasteiger partial charge on any atom is 0.136 e. The molecule has 1 heterocycles. The molecule has 3 aliphatic carbocycles. The molecule has 1 aromatic carbocycles. The van der Waals surface area contributed by atoms with Crippen molar-refractivity contribution in [1.29, 1.82) is 0 Å². The molecule has 0 aromatic heterocycles. The summed E-state index contributed by atoms with van der Waals surface area (Å²) in [4.78, 5) is 15.5. The van der Waals surface area contributed by atoms with Crippen LogP contribution in [0.3, 0.4) is 0 Å². The normalized spacial score (nSPS) is 35.9. The third-order valence-electron chi connectivity index (χ3n) is 7.61. The van der Waals surface area contributed by atoms with E-state index in [0.29, 0.717) is 17.7 Å². The lowest BCUT2D eigenvalue weighted by Crippen LogP contribution is -2.63. The number of fused-ring (bicyclic) bond motifs is 1. The van der Waals surface area contributed by atoms with Crippen LogP contribution in [0.25, 0.3) is 0 Å². The van der Waals surface area contributed by atoms with E-state index in [1.54, 1.807) is 7.11 Å². The zero-order valence-corrected chi connectivity index (χ0v) is 16.7. The third-order valence-corrected chi connectivity index (χ3v) is 7.61. The number of ether oxygens (including phenoxy) is 1. The number of benzene rings is 1. The molecule has 3 fully saturated rings. The highest BCUT2D eigenvalue weighted by atomic mass is 35.5. The number of hydrogen-bond acceptors (Lipinski definition) is 3. The van der Waals surface area contributed by atoms with E-state index >= 15 is 0 Å². The maximum absolute atomic E-state index is 12.7. The summed E-state index contributed by atoms with van der Waals surface area (Å²) in [5, 5.41) is 0. The van der Waals surface area contributed by atoms with Gasteiger partial charge in [0.1, 0.15) is 11.5 Å². The number of ketones is 1. The summed E-state index contributed by atoms with van der Waals surface area (Å²) < 4.78 is 5.53. The second-order valence-electron chi connectivity index (χ2n) is 9.03. The fourth-order valence-electron chi connectivity index (χ4n) is 6.03. The molecule has 3 nitrogen and oxygen atoms in total. The van der Waals surface area contributed by atoms with Crippen LogP contribution in [0.4, 0.5) is 0 Å². The molecule has 4 aliphatic rings. The molecule has 0 radical (unpaired) electrons. The first-order chi connectivity index (χ1) is 12.1. The lowest BCUT2D eigenvalue weighted by atomic mass is 9.50. The molecule has 4 heteroatoms. The van der Waals surface area contributed by atoms with Crippen molar-refractivity contribution >= 4 is 18.2 Å². The summed E-state index contributed by atoms with van der Waals surface area (Å²) in [6, 6.07) is 7.25. The van der Waals surface area contributed by atoms with Crippen molar-refractivity contribution in [3.8, 4) is 5.75 Å². The van der Waals surface area contributed by atoms with Crippen LogP contribution < -0.4 is 4.74 Å². The molecule has 1 aromatic rings. The van der Waals surface area contributed by atoms with Crippen LogP contribution in [0, 0.1) is 17.8 Å². The Morgan fingerprint density at radius 3 is 2.85 bits per heavy atom. The van der Waals surface area contributed by atoms with E-state index in [0.717, 1.165) is 43.9 Å². The first kappa shape index (κ1) is 18.3. The monoisotopic (exact) mass is 375 g/mol.